The van der Waals surface area contributed by atoms with Gasteiger partial charge in [0.1, 0.15) is 0 Å². The van der Waals surface area contributed by atoms with E-state index in [9.17, 15) is 0 Å². The highest BCUT2D eigenvalue weighted by atomic mass is 14.6. The largest absolute Gasteiger partial charge is 0.328 e. The molecule has 1 aromatic carbocycles. The third-order valence-corrected chi connectivity index (χ3v) is 3.30. The Morgan fingerprint density at radius 3 is 2.67 bits per heavy atom. The third kappa shape index (κ3) is 2.82. The minimum Gasteiger partial charge on any atom is -0.328 e. The van der Waals surface area contributed by atoms with Gasteiger partial charge in [-0.3, -0.25) is 0 Å². The predicted octanol–water partition coefficient (Wildman–Crippen LogP) is 2.85. The second-order valence-electron chi connectivity index (χ2n) is 4.83. The van der Waals surface area contributed by atoms with Gasteiger partial charge in [-0.05, 0) is 62.1 Å². The molecule has 1 atom stereocenters. The molecule has 1 aliphatic carbocycles. The van der Waals surface area contributed by atoms with Gasteiger partial charge in [0.2, 0.25) is 0 Å². The summed E-state index contributed by atoms with van der Waals surface area (Å²) in [6.07, 6.45) is 7.52. The standard InChI is InChI=1S/C14H21N/c1-11(15)6-7-12-8-9-13-4-2-3-5-14(13)10-12/h8-11H,2-7,15H2,1H3. The Balaban J connectivity index is 2.07. The number of hydrogen-bond donors (Lipinski definition) is 1. The van der Waals surface area contributed by atoms with Crippen LogP contribution in [0.4, 0.5) is 0 Å². The quantitative estimate of drug-likeness (QED) is 0.803. The Labute approximate surface area is 92.7 Å². The summed E-state index contributed by atoms with van der Waals surface area (Å²) in [5.41, 5.74) is 10.4. The summed E-state index contributed by atoms with van der Waals surface area (Å²) < 4.78 is 0. The maximum Gasteiger partial charge on any atom is 0.00136 e. The minimum absolute atomic E-state index is 0.320. The minimum atomic E-state index is 0.320. The van der Waals surface area contributed by atoms with Crippen molar-refractivity contribution in [3.8, 4) is 0 Å². The van der Waals surface area contributed by atoms with Crippen LogP contribution < -0.4 is 5.73 Å². The molecule has 0 saturated carbocycles. The summed E-state index contributed by atoms with van der Waals surface area (Å²) in [6.45, 7) is 2.08. The molecular formula is C14H21N. The fourth-order valence-electron chi connectivity index (χ4n) is 2.34. The lowest BCUT2D eigenvalue weighted by Crippen LogP contribution is -2.15. The highest BCUT2D eigenvalue weighted by molar-refractivity contribution is 5.33. The van der Waals surface area contributed by atoms with Crippen molar-refractivity contribution in [3.05, 3.63) is 34.9 Å². The van der Waals surface area contributed by atoms with E-state index in [4.69, 9.17) is 5.73 Å². The van der Waals surface area contributed by atoms with Crippen molar-refractivity contribution >= 4 is 0 Å². The summed E-state index contributed by atoms with van der Waals surface area (Å²) in [6, 6.07) is 7.33. The van der Waals surface area contributed by atoms with Gasteiger partial charge in [0.15, 0.2) is 0 Å². The van der Waals surface area contributed by atoms with Crippen molar-refractivity contribution in [1.29, 1.82) is 0 Å². The van der Waals surface area contributed by atoms with Crippen molar-refractivity contribution in [2.75, 3.05) is 0 Å². The first kappa shape index (κ1) is 10.7. The molecule has 1 heteroatoms. The van der Waals surface area contributed by atoms with Crippen LogP contribution in [0.2, 0.25) is 0 Å². The maximum atomic E-state index is 5.78. The zero-order valence-electron chi connectivity index (χ0n) is 9.63. The highest BCUT2D eigenvalue weighted by Crippen LogP contribution is 2.22. The molecule has 1 aromatic rings. The lowest BCUT2D eigenvalue weighted by molar-refractivity contribution is 0.660. The van der Waals surface area contributed by atoms with E-state index in [-0.39, 0.29) is 0 Å². The number of benzene rings is 1. The van der Waals surface area contributed by atoms with Gasteiger partial charge in [-0.2, -0.15) is 0 Å². The Kier molecular flexibility index (Phi) is 3.42. The van der Waals surface area contributed by atoms with E-state index < -0.39 is 0 Å². The summed E-state index contributed by atoms with van der Waals surface area (Å²) in [4.78, 5) is 0. The molecule has 0 bridgehead atoms. The van der Waals surface area contributed by atoms with Gasteiger partial charge in [-0.15, -0.1) is 0 Å². The number of hydrogen-bond acceptors (Lipinski definition) is 1. The van der Waals surface area contributed by atoms with E-state index >= 15 is 0 Å². The molecule has 1 aliphatic rings. The van der Waals surface area contributed by atoms with Gasteiger partial charge in [-0.1, -0.05) is 18.2 Å². The van der Waals surface area contributed by atoms with Crippen LogP contribution in [0, 0.1) is 0 Å². The predicted molar refractivity (Wildman–Crippen MR) is 65.1 cm³/mol. The first-order chi connectivity index (χ1) is 7.25. The van der Waals surface area contributed by atoms with Gasteiger partial charge < -0.3 is 5.73 Å². The van der Waals surface area contributed by atoms with Gasteiger partial charge in [0.25, 0.3) is 0 Å². The molecule has 0 aliphatic heterocycles. The summed E-state index contributed by atoms with van der Waals surface area (Å²) in [5, 5.41) is 0. The fraction of sp³-hybridized carbons (Fsp3) is 0.571. The lowest BCUT2D eigenvalue weighted by Gasteiger charge is -2.16. The molecule has 1 nitrogen and oxygen atoms in total. The summed E-state index contributed by atoms with van der Waals surface area (Å²) in [5.74, 6) is 0. The van der Waals surface area contributed by atoms with Crippen molar-refractivity contribution in [3.63, 3.8) is 0 Å². The van der Waals surface area contributed by atoms with E-state index in [0.29, 0.717) is 6.04 Å². The Morgan fingerprint density at radius 2 is 1.93 bits per heavy atom. The van der Waals surface area contributed by atoms with Gasteiger partial charge in [0.05, 0.1) is 0 Å². The van der Waals surface area contributed by atoms with Gasteiger partial charge in [-0.25, -0.2) is 0 Å². The molecule has 0 saturated heterocycles. The summed E-state index contributed by atoms with van der Waals surface area (Å²) in [7, 11) is 0. The molecule has 15 heavy (non-hydrogen) atoms. The van der Waals surface area contributed by atoms with Crippen molar-refractivity contribution < 1.29 is 0 Å². The molecule has 1 unspecified atom stereocenters. The number of aryl methyl sites for hydroxylation is 3. The Hall–Kier alpha value is -0.820. The fourth-order valence-corrected chi connectivity index (χ4v) is 2.34. The molecule has 82 valence electrons. The Bertz CT molecular complexity index is 328. The zero-order chi connectivity index (χ0) is 10.7. The average molecular weight is 203 g/mol. The van der Waals surface area contributed by atoms with Crippen LogP contribution in [0.15, 0.2) is 18.2 Å². The van der Waals surface area contributed by atoms with Crippen LogP contribution in [0.1, 0.15) is 42.9 Å². The van der Waals surface area contributed by atoms with Crippen LogP contribution in [0.3, 0.4) is 0 Å². The molecule has 0 amide bonds. The van der Waals surface area contributed by atoms with E-state index in [2.05, 4.69) is 25.1 Å². The van der Waals surface area contributed by atoms with Gasteiger partial charge >= 0.3 is 0 Å². The van der Waals surface area contributed by atoms with E-state index in [1.807, 2.05) is 0 Å². The SMILES string of the molecule is CC(N)CCc1ccc2c(c1)CCCC2. The van der Waals surface area contributed by atoms with E-state index in [1.54, 1.807) is 11.1 Å². The van der Waals surface area contributed by atoms with Crippen molar-refractivity contribution in [2.45, 2.75) is 51.5 Å². The molecule has 0 radical (unpaired) electrons. The van der Waals surface area contributed by atoms with Crippen LogP contribution in [0.25, 0.3) is 0 Å². The van der Waals surface area contributed by atoms with Crippen LogP contribution in [-0.2, 0) is 19.3 Å². The first-order valence-electron chi connectivity index (χ1n) is 6.12. The van der Waals surface area contributed by atoms with Crippen LogP contribution in [0.5, 0.6) is 0 Å². The molecule has 0 heterocycles. The Morgan fingerprint density at radius 1 is 1.20 bits per heavy atom. The first-order valence-corrected chi connectivity index (χ1v) is 6.12. The average Bonchev–Trinajstić information content (AvgIpc) is 2.26. The third-order valence-electron chi connectivity index (χ3n) is 3.30. The second-order valence-corrected chi connectivity index (χ2v) is 4.83. The van der Waals surface area contributed by atoms with E-state index in [1.165, 1.54) is 31.2 Å². The lowest BCUT2D eigenvalue weighted by atomic mass is 9.89. The molecule has 0 fully saturated rings. The zero-order valence-corrected chi connectivity index (χ0v) is 9.63. The van der Waals surface area contributed by atoms with Gasteiger partial charge in [0, 0.05) is 6.04 Å². The normalized spacial score (nSPS) is 17.2. The van der Waals surface area contributed by atoms with E-state index in [0.717, 1.165) is 12.8 Å². The summed E-state index contributed by atoms with van der Waals surface area (Å²) >= 11 is 0. The molecule has 2 rings (SSSR count). The number of fused-ring (bicyclic) bond motifs is 1. The smallest absolute Gasteiger partial charge is 0.00136 e. The molecule has 2 N–H and O–H groups in total. The van der Waals surface area contributed by atoms with Crippen molar-refractivity contribution in [1.82, 2.24) is 0 Å². The van der Waals surface area contributed by atoms with Crippen LogP contribution >= 0.6 is 0 Å². The maximum absolute atomic E-state index is 5.78. The second kappa shape index (κ2) is 4.80. The number of nitrogens with two attached hydrogens (primary N) is 1. The number of rotatable bonds is 3. The highest BCUT2D eigenvalue weighted by Gasteiger charge is 2.09. The molecular weight excluding hydrogens is 182 g/mol. The van der Waals surface area contributed by atoms with Crippen LogP contribution in [-0.4, -0.2) is 6.04 Å². The van der Waals surface area contributed by atoms with Crippen molar-refractivity contribution in [2.24, 2.45) is 5.73 Å². The topological polar surface area (TPSA) is 26.0 Å². The monoisotopic (exact) mass is 203 g/mol. The molecule has 0 aromatic heterocycles. The molecule has 0 spiro atoms.